The lowest BCUT2D eigenvalue weighted by molar-refractivity contribution is -0.121. The average molecular weight is 275 g/mol. The molecule has 0 atom stereocenters. The van der Waals surface area contributed by atoms with Crippen molar-refractivity contribution in [2.45, 2.75) is 25.3 Å². The molecule has 0 saturated carbocycles. The lowest BCUT2D eigenvalue weighted by Gasteiger charge is -2.30. The van der Waals surface area contributed by atoms with E-state index in [1.54, 1.807) is 12.1 Å². The minimum Gasteiger partial charge on any atom is -0.353 e. The van der Waals surface area contributed by atoms with E-state index in [4.69, 9.17) is 5.26 Å². The fraction of sp³-hybridized carbons (Fsp3) is 0.467. The van der Waals surface area contributed by atoms with Crippen molar-refractivity contribution in [3.05, 3.63) is 35.6 Å². The topological polar surface area (TPSA) is 56.1 Å². The molecule has 106 valence electrons. The van der Waals surface area contributed by atoms with Gasteiger partial charge in [-0.15, -0.1) is 0 Å². The van der Waals surface area contributed by atoms with Crippen LogP contribution in [0.25, 0.3) is 0 Å². The van der Waals surface area contributed by atoms with E-state index in [1.165, 1.54) is 12.1 Å². The summed E-state index contributed by atoms with van der Waals surface area (Å²) in [6, 6.07) is 8.30. The number of halogens is 1. The number of nitrogens with zero attached hydrogens (tertiary/aromatic N) is 2. The molecule has 1 aromatic rings. The van der Waals surface area contributed by atoms with Gasteiger partial charge in [-0.1, -0.05) is 12.1 Å². The third-order valence-electron chi connectivity index (χ3n) is 3.52. The second kappa shape index (κ2) is 7.01. The van der Waals surface area contributed by atoms with Crippen molar-refractivity contribution >= 4 is 5.91 Å². The van der Waals surface area contributed by atoms with Gasteiger partial charge in [0, 0.05) is 19.1 Å². The number of amides is 1. The number of hydrogen-bond acceptors (Lipinski definition) is 3. The Morgan fingerprint density at radius 2 is 2.00 bits per heavy atom. The van der Waals surface area contributed by atoms with Gasteiger partial charge in [-0.2, -0.15) is 5.26 Å². The number of piperidine rings is 1. The number of nitriles is 1. The number of benzene rings is 1. The van der Waals surface area contributed by atoms with Crippen molar-refractivity contribution in [1.82, 2.24) is 10.2 Å². The van der Waals surface area contributed by atoms with E-state index in [2.05, 4.69) is 16.3 Å². The molecule has 1 N–H and O–H groups in total. The molecular formula is C15H18FN3O. The Bertz CT molecular complexity index is 487. The maximum absolute atomic E-state index is 12.8. The Labute approximate surface area is 118 Å². The summed E-state index contributed by atoms with van der Waals surface area (Å²) in [5.74, 6) is -0.325. The lowest BCUT2D eigenvalue weighted by Crippen LogP contribution is -2.45. The van der Waals surface area contributed by atoms with Crippen LogP contribution in [0.1, 0.15) is 18.4 Å². The lowest BCUT2D eigenvalue weighted by atomic mass is 10.0. The van der Waals surface area contributed by atoms with Crippen LogP contribution in [-0.4, -0.2) is 36.5 Å². The molecule has 0 bridgehead atoms. The number of nitrogens with one attached hydrogen (secondary N) is 1. The number of carbonyl (C=O) groups excluding carboxylic acids is 1. The van der Waals surface area contributed by atoms with E-state index in [0.29, 0.717) is 6.54 Å². The molecular weight excluding hydrogens is 257 g/mol. The quantitative estimate of drug-likeness (QED) is 0.847. The summed E-state index contributed by atoms with van der Waals surface area (Å²) < 4.78 is 12.8. The Kier molecular flexibility index (Phi) is 5.08. The molecule has 0 unspecified atom stereocenters. The third-order valence-corrected chi connectivity index (χ3v) is 3.52. The molecule has 5 heteroatoms. The summed E-state index contributed by atoms with van der Waals surface area (Å²) >= 11 is 0. The summed E-state index contributed by atoms with van der Waals surface area (Å²) in [6.07, 6.45) is 2.02. The van der Waals surface area contributed by atoms with Crippen LogP contribution in [0.2, 0.25) is 0 Å². The van der Waals surface area contributed by atoms with Crippen LogP contribution in [0.15, 0.2) is 24.3 Å². The highest BCUT2D eigenvalue weighted by Gasteiger charge is 2.20. The Hall–Kier alpha value is -1.93. The van der Waals surface area contributed by atoms with E-state index in [-0.39, 0.29) is 24.2 Å². The number of rotatable bonds is 4. The number of carbonyl (C=O) groups is 1. The largest absolute Gasteiger partial charge is 0.353 e. The zero-order chi connectivity index (χ0) is 14.4. The first-order valence-electron chi connectivity index (χ1n) is 6.80. The monoisotopic (exact) mass is 275 g/mol. The SMILES string of the molecule is N#CCN1CCC(NC(=O)Cc2ccc(F)cc2)CC1. The zero-order valence-electron chi connectivity index (χ0n) is 11.3. The van der Waals surface area contributed by atoms with Crippen LogP contribution in [0.4, 0.5) is 4.39 Å². The molecule has 0 aliphatic carbocycles. The van der Waals surface area contributed by atoms with Gasteiger partial charge in [-0.3, -0.25) is 9.69 Å². The van der Waals surface area contributed by atoms with Gasteiger partial charge in [0.15, 0.2) is 0 Å². The molecule has 1 amide bonds. The van der Waals surface area contributed by atoms with Gasteiger partial charge in [0.05, 0.1) is 19.0 Å². The maximum atomic E-state index is 12.8. The van der Waals surface area contributed by atoms with Gasteiger partial charge in [0.1, 0.15) is 5.82 Å². The van der Waals surface area contributed by atoms with Crippen LogP contribution in [0, 0.1) is 17.1 Å². The van der Waals surface area contributed by atoms with E-state index in [0.717, 1.165) is 31.5 Å². The van der Waals surface area contributed by atoms with Gasteiger partial charge in [-0.25, -0.2) is 4.39 Å². The average Bonchev–Trinajstić information content (AvgIpc) is 2.44. The van der Waals surface area contributed by atoms with Crippen LogP contribution < -0.4 is 5.32 Å². The summed E-state index contributed by atoms with van der Waals surface area (Å²) in [5, 5.41) is 11.6. The molecule has 1 saturated heterocycles. The molecule has 1 aromatic carbocycles. The van der Waals surface area contributed by atoms with Crippen LogP contribution in [0.5, 0.6) is 0 Å². The highest BCUT2D eigenvalue weighted by atomic mass is 19.1. The fourth-order valence-electron chi connectivity index (χ4n) is 2.40. The minimum atomic E-state index is -0.293. The third kappa shape index (κ3) is 4.32. The maximum Gasteiger partial charge on any atom is 0.224 e. The van der Waals surface area contributed by atoms with Crippen molar-refractivity contribution in [3.8, 4) is 6.07 Å². The van der Waals surface area contributed by atoms with E-state index >= 15 is 0 Å². The van der Waals surface area contributed by atoms with Gasteiger partial charge in [-0.05, 0) is 30.5 Å². The summed E-state index contributed by atoms with van der Waals surface area (Å²) in [4.78, 5) is 14.0. The summed E-state index contributed by atoms with van der Waals surface area (Å²) in [6.45, 7) is 2.14. The zero-order valence-corrected chi connectivity index (χ0v) is 11.3. The van der Waals surface area contributed by atoms with Crippen molar-refractivity contribution in [2.24, 2.45) is 0 Å². The standard InChI is InChI=1S/C15H18FN3O/c16-13-3-1-12(2-4-13)11-15(20)18-14-5-8-19(9-6-14)10-7-17/h1-4,14H,5-6,8-11H2,(H,18,20). The van der Waals surface area contributed by atoms with E-state index in [1.807, 2.05) is 0 Å². The second-order valence-electron chi connectivity index (χ2n) is 5.08. The minimum absolute atomic E-state index is 0.0321. The normalized spacial score (nSPS) is 16.6. The predicted octanol–water partition coefficient (Wildman–Crippen LogP) is 1.47. The van der Waals surface area contributed by atoms with Gasteiger partial charge in [0.2, 0.25) is 5.91 Å². The van der Waals surface area contributed by atoms with Gasteiger partial charge in [0.25, 0.3) is 0 Å². The first-order valence-corrected chi connectivity index (χ1v) is 6.80. The highest BCUT2D eigenvalue weighted by molar-refractivity contribution is 5.78. The predicted molar refractivity (Wildman–Crippen MR) is 73.3 cm³/mol. The molecule has 4 nitrogen and oxygen atoms in total. The van der Waals surface area contributed by atoms with Crippen LogP contribution in [-0.2, 0) is 11.2 Å². The smallest absolute Gasteiger partial charge is 0.224 e. The molecule has 0 aromatic heterocycles. The van der Waals surface area contributed by atoms with Gasteiger partial charge >= 0.3 is 0 Å². The highest BCUT2D eigenvalue weighted by Crippen LogP contribution is 2.10. The molecule has 1 fully saturated rings. The first-order chi connectivity index (χ1) is 9.67. The molecule has 1 heterocycles. The van der Waals surface area contributed by atoms with Crippen molar-refractivity contribution < 1.29 is 9.18 Å². The van der Waals surface area contributed by atoms with Crippen molar-refractivity contribution in [3.63, 3.8) is 0 Å². The molecule has 1 aliphatic rings. The summed E-state index contributed by atoms with van der Waals surface area (Å²) in [7, 11) is 0. The Balaban J connectivity index is 1.75. The summed E-state index contributed by atoms with van der Waals surface area (Å²) in [5.41, 5.74) is 0.811. The molecule has 20 heavy (non-hydrogen) atoms. The second-order valence-corrected chi connectivity index (χ2v) is 5.08. The van der Waals surface area contributed by atoms with Crippen molar-refractivity contribution in [1.29, 1.82) is 5.26 Å². The number of hydrogen-bond donors (Lipinski definition) is 1. The van der Waals surface area contributed by atoms with Gasteiger partial charge < -0.3 is 5.32 Å². The number of likely N-dealkylation sites (tertiary alicyclic amines) is 1. The van der Waals surface area contributed by atoms with E-state index in [9.17, 15) is 9.18 Å². The van der Waals surface area contributed by atoms with Crippen molar-refractivity contribution in [2.75, 3.05) is 19.6 Å². The first kappa shape index (κ1) is 14.5. The molecule has 0 spiro atoms. The van der Waals surface area contributed by atoms with Crippen LogP contribution in [0.3, 0.4) is 0 Å². The Morgan fingerprint density at radius 3 is 2.60 bits per heavy atom. The Morgan fingerprint density at radius 1 is 1.35 bits per heavy atom. The van der Waals surface area contributed by atoms with E-state index < -0.39 is 0 Å². The van der Waals surface area contributed by atoms with Crippen LogP contribution >= 0.6 is 0 Å². The molecule has 0 radical (unpaired) electrons. The molecule has 2 rings (SSSR count). The fourth-order valence-corrected chi connectivity index (χ4v) is 2.40. The molecule has 1 aliphatic heterocycles.